The highest BCUT2D eigenvalue weighted by Gasteiger charge is 2.11. The monoisotopic (exact) mass is 317 g/mol. The third-order valence-corrected chi connectivity index (χ3v) is 3.86. The zero-order valence-corrected chi connectivity index (χ0v) is 13.2. The molecule has 5 heteroatoms. The summed E-state index contributed by atoms with van der Waals surface area (Å²) in [6, 6.07) is 11.3. The van der Waals surface area contributed by atoms with Crippen molar-refractivity contribution in [3.8, 4) is 11.5 Å². The minimum Gasteiger partial charge on any atom is -0.454 e. The Kier molecular flexibility index (Phi) is 5.71. The van der Waals surface area contributed by atoms with Crippen LogP contribution in [0.4, 0.5) is 4.39 Å². The quantitative estimate of drug-likeness (QED) is 0.603. The minimum absolute atomic E-state index is 0.0152. The van der Waals surface area contributed by atoms with Gasteiger partial charge in [0, 0.05) is 5.56 Å². The molecule has 0 aliphatic heterocycles. The molecule has 2 N–H and O–H groups in total. The summed E-state index contributed by atoms with van der Waals surface area (Å²) in [5.74, 6) is -0.384. The van der Waals surface area contributed by atoms with Gasteiger partial charge >= 0.3 is 0 Å². The Morgan fingerprint density at radius 2 is 1.83 bits per heavy atom. The van der Waals surface area contributed by atoms with Crippen LogP contribution in [0.15, 0.2) is 42.5 Å². The molecule has 0 atom stereocenters. The lowest BCUT2D eigenvalue weighted by Crippen LogP contribution is -2.18. The van der Waals surface area contributed by atoms with Gasteiger partial charge in [0.05, 0.1) is 0 Å². The number of carbonyl (C=O) groups excluding carboxylic acids is 1. The van der Waals surface area contributed by atoms with Crippen LogP contribution in [0.25, 0.3) is 0 Å². The Hall–Kier alpha value is -2.40. The molecule has 0 saturated heterocycles. The van der Waals surface area contributed by atoms with Crippen molar-refractivity contribution in [2.24, 2.45) is 0 Å². The fourth-order valence-corrected chi connectivity index (χ4v) is 2.48. The molecule has 4 nitrogen and oxygen atoms in total. The Morgan fingerprint density at radius 1 is 1.17 bits per heavy atom. The van der Waals surface area contributed by atoms with Gasteiger partial charge in [-0.05, 0) is 54.7 Å². The summed E-state index contributed by atoms with van der Waals surface area (Å²) in [7, 11) is 0. The van der Waals surface area contributed by atoms with Crippen LogP contribution in [0.2, 0.25) is 0 Å². The van der Waals surface area contributed by atoms with Crippen LogP contribution in [0.5, 0.6) is 11.5 Å². The van der Waals surface area contributed by atoms with Crippen molar-refractivity contribution in [2.75, 3.05) is 0 Å². The van der Waals surface area contributed by atoms with Crippen molar-refractivity contribution in [2.45, 2.75) is 32.6 Å². The zero-order valence-electron chi connectivity index (χ0n) is 13.2. The third-order valence-electron chi connectivity index (χ3n) is 3.86. The summed E-state index contributed by atoms with van der Waals surface area (Å²) in [6.45, 7) is 4.30. The van der Waals surface area contributed by atoms with E-state index in [1.54, 1.807) is 12.1 Å². The zero-order chi connectivity index (χ0) is 16.8. The molecular weight excluding hydrogens is 297 g/mol. The first-order chi connectivity index (χ1) is 11.1. The van der Waals surface area contributed by atoms with E-state index in [1.165, 1.54) is 23.2 Å². The molecule has 0 saturated carbocycles. The maximum atomic E-state index is 14.0. The lowest BCUT2D eigenvalue weighted by molar-refractivity contribution is 0.0706. The van der Waals surface area contributed by atoms with Gasteiger partial charge in [-0.25, -0.2) is 9.87 Å². The maximum Gasteiger partial charge on any atom is 0.274 e. The van der Waals surface area contributed by atoms with Gasteiger partial charge in [0.15, 0.2) is 11.6 Å². The first-order valence-corrected chi connectivity index (χ1v) is 7.60. The Bertz CT molecular complexity index is 666. The molecule has 0 unspecified atom stereocenters. The second-order valence-electron chi connectivity index (χ2n) is 5.27. The number of nitrogens with one attached hydrogen (secondary N) is 1. The van der Waals surface area contributed by atoms with Gasteiger partial charge in [-0.15, -0.1) is 0 Å². The molecule has 0 aromatic heterocycles. The van der Waals surface area contributed by atoms with E-state index in [9.17, 15) is 9.18 Å². The third kappa shape index (κ3) is 4.07. The number of benzene rings is 2. The van der Waals surface area contributed by atoms with E-state index in [-0.39, 0.29) is 11.3 Å². The average Bonchev–Trinajstić information content (AvgIpc) is 2.58. The fourth-order valence-electron chi connectivity index (χ4n) is 2.48. The van der Waals surface area contributed by atoms with Crippen molar-refractivity contribution < 1.29 is 19.1 Å². The second-order valence-corrected chi connectivity index (χ2v) is 5.27. The van der Waals surface area contributed by atoms with Gasteiger partial charge in [0.25, 0.3) is 5.91 Å². The minimum atomic E-state index is -0.773. The highest BCUT2D eigenvalue weighted by molar-refractivity contribution is 5.93. The Morgan fingerprint density at radius 3 is 2.35 bits per heavy atom. The van der Waals surface area contributed by atoms with Crippen LogP contribution in [-0.4, -0.2) is 11.1 Å². The molecular formula is C18H20FNO3. The predicted octanol–water partition coefficient (Wildman–Crippen LogP) is 4.64. The van der Waals surface area contributed by atoms with Gasteiger partial charge < -0.3 is 4.74 Å². The molecule has 0 aliphatic carbocycles. The van der Waals surface area contributed by atoms with E-state index in [4.69, 9.17) is 9.94 Å². The number of amides is 1. The van der Waals surface area contributed by atoms with Crippen molar-refractivity contribution in [1.82, 2.24) is 5.48 Å². The van der Waals surface area contributed by atoms with Crippen molar-refractivity contribution >= 4 is 5.91 Å². The number of halogens is 1. The van der Waals surface area contributed by atoms with Crippen LogP contribution in [-0.2, 0) is 0 Å². The van der Waals surface area contributed by atoms with Gasteiger partial charge in [-0.2, -0.15) is 0 Å². The van der Waals surface area contributed by atoms with Crippen molar-refractivity contribution in [3.05, 3.63) is 59.4 Å². The molecule has 0 radical (unpaired) electrons. The SMILES string of the molecule is CCC(CC)c1ccc(Oc2ccc(C(=O)NO)cc2F)cc1. The molecule has 122 valence electrons. The van der Waals surface area contributed by atoms with Gasteiger partial charge in [-0.1, -0.05) is 26.0 Å². The second kappa shape index (κ2) is 7.74. The van der Waals surface area contributed by atoms with Gasteiger partial charge in [-0.3, -0.25) is 10.0 Å². The molecule has 0 bridgehead atoms. The first kappa shape index (κ1) is 17.0. The van der Waals surface area contributed by atoms with E-state index in [0.717, 1.165) is 18.9 Å². The normalized spacial score (nSPS) is 10.7. The van der Waals surface area contributed by atoms with E-state index >= 15 is 0 Å². The number of ether oxygens (including phenoxy) is 1. The van der Waals surface area contributed by atoms with Crippen molar-refractivity contribution in [1.29, 1.82) is 0 Å². The van der Waals surface area contributed by atoms with Crippen LogP contribution in [0.3, 0.4) is 0 Å². The van der Waals surface area contributed by atoms with E-state index in [0.29, 0.717) is 11.7 Å². The van der Waals surface area contributed by atoms with Gasteiger partial charge in [0.2, 0.25) is 0 Å². The van der Waals surface area contributed by atoms with Crippen LogP contribution in [0.1, 0.15) is 48.5 Å². The van der Waals surface area contributed by atoms with Crippen LogP contribution < -0.4 is 10.2 Å². The number of rotatable bonds is 6. The summed E-state index contributed by atoms with van der Waals surface area (Å²) in [6.07, 6.45) is 2.14. The van der Waals surface area contributed by atoms with E-state index < -0.39 is 11.7 Å². The topological polar surface area (TPSA) is 58.6 Å². The standard InChI is InChI=1S/C18H20FNO3/c1-3-12(4-2)13-5-8-15(9-6-13)23-17-10-7-14(11-16(17)19)18(21)20-22/h5-12,22H,3-4H2,1-2H3,(H,20,21). The highest BCUT2D eigenvalue weighted by atomic mass is 19.1. The Balaban J connectivity index is 2.14. The van der Waals surface area contributed by atoms with Crippen LogP contribution in [0, 0.1) is 5.82 Å². The molecule has 0 spiro atoms. The first-order valence-electron chi connectivity index (χ1n) is 7.60. The van der Waals surface area contributed by atoms with E-state index in [1.807, 2.05) is 12.1 Å². The van der Waals surface area contributed by atoms with Gasteiger partial charge in [0.1, 0.15) is 5.75 Å². The molecule has 2 aromatic carbocycles. The molecule has 2 aromatic rings. The summed E-state index contributed by atoms with van der Waals surface area (Å²) in [5.41, 5.74) is 2.71. The summed E-state index contributed by atoms with van der Waals surface area (Å²) >= 11 is 0. The number of hydrogen-bond acceptors (Lipinski definition) is 3. The highest BCUT2D eigenvalue weighted by Crippen LogP contribution is 2.28. The molecule has 2 rings (SSSR count). The number of carbonyl (C=O) groups is 1. The molecule has 1 amide bonds. The Labute approximate surface area is 134 Å². The molecule has 23 heavy (non-hydrogen) atoms. The number of hydroxylamine groups is 1. The molecule has 0 fully saturated rings. The van der Waals surface area contributed by atoms with Crippen LogP contribution >= 0.6 is 0 Å². The fraction of sp³-hybridized carbons (Fsp3) is 0.278. The number of hydrogen-bond donors (Lipinski definition) is 2. The molecule has 0 aliphatic rings. The maximum absolute atomic E-state index is 14.0. The largest absolute Gasteiger partial charge is 0.454 e. The molecule has 0 heterocycles. The lowest BCUT2D eigenvalue weighted by atomic mass is 9.94. The summed E-state index contributed by atoms with van der Waals surface area (Å²) in [4.78, 5) is 11.2. The van der Waals surface area contributed by atoms with E-state index in [2.05, 4.69) is 13.8 Å². The lowest BCUT2D eigenvalue weighted by Gasteiger charge is -2.13. The predicted molar refractivity (Wildman–Crippen MR) is 85.5 cm³/mol. The summed E-state index contributed by atoms with van der Waals surface area (Å²) in [5, 5.41) is 8.54. The summed E-state index contributed by atoms with van der Waals surface area (Å²) < 4.78 is 19.5. The average molecular weight is 317 g/mol. The van der Waals surface area contributed by atoms with Crippen molar-refractivity contribution in [3.63, 3.8) is 0 Å². The smallest absolute Gasteiger partial charge is 0.274 e.